The van der Waals surface area contributed by atoms with Gasteiger partial charge in [0.05, 0.1) is 21.7 Å². The number of benzene rings is 1. The lowest BCUT2D eigenvalue weighted by Crippen LogP contribution is -2.42. The number of carbonyl (C=O) groups is 2. The molecule has 0 radical (unpaired) electrons. The second-order valence-corrected chi connectivity index (χ2v) is 5.82. The van der Waals surface area contributed by atoms with Gasteiger partial charge in [0.15, 0.2) is 11.2 Å². The van der Waals surface area contributed by atoms with Gasteiger partial charge in [0.1, 0.15) is 0 Å². The van der Waals surface area contributed by atoms with Gasteiger partial charge in [-0.05, 0) is 25.8 Å². The standard InChI is InChI=1S/C15H17Cl3O4/c1-4-15(5-2,13(19)21-6-3)14(20)22-12-8-10(17)9(16)7-11(12)18/h7-8H,4-6H2,1-3H3. The van der Waals surface area contributed by atoms with E-state index < -0.39 is 17.4 Å². The maximum absolute atomic E-state index is 12.5. The van der Waals surface area contributed by atoms with E-state index in [1.807, 2.05) is 0 Å². The highest BCUT2D eigenvalue weighted by Gasteiger charge is 2.46. The Morgan fingerprint density at radius 2 is 1.50 bits per heavy atom. The van der Waals surface area contributed by atoms with Crippen molar-refractivity contribution in [3.8, 4) is 5.75 Å². The first-order valence-electron chi connectivity index (χ1n) is 6.86. The molecule has 1 rings (SSSR count). The topological polar surface area (TPSA) is 52.6 Å². The zero-order valence-corrected chi connectivity index (χ0v) is 14.8. The summed E-state index contributed by atoms with van der Waals surface area (Å²) in [4.78, 5) is 24.7. The SMILES string of the molecule is CCOC(=O)C(CC)(CC)C(=O)Oc1cc(Cl)c(Cl)cc1Cl. The van der Waals surface area contributed by atoms with Crippen molar-refractivity contribution in [2.45, 2.75) is 33.6 Å². The maximum atomic E-state index is 12.5. The van der Waals surface area contributed by atoms with Crippen LogP contribution in [-0.2, 0) is 14.3 Å². The van der Waals surface area contributed by atoms with Gasteiger partial charge in [-0.15, -0.1) is 0 Å². The second-order valence-electron chi connectivity index (χ2n) is 4.60. The monoisotopic (exact) mass is 366 g/mol. The van der Waals surface area contributed by atoms with Crippen molar-refractivity contribution in [3.05, 3.63) is 27.2 Å². The number of ether oxygens (including phenoxy) is 2. The molecule has 0 spiro atoms. The van der Waals surface area contributed by atoms with Gasteiger partial charge in [0.2, 0.25) is 0 Å². The van der Waals surface area contributed by atoms with Crippen molar-refractivity contribution in [2.24, 2.45) is 5.41 Å². The molecular formula is C15H17Cl3O4. The van der Waals surface area contributed by atoms with E-state index in [2.05, 4.69) is 0 Å². The van der Waals surface area contributed by atoms with Crippen molar-refractivity contribution in [2.75, 3.05) is 6.61 Å². The minimum absolute atomic E-state index is 0.0524. The van der Waals surface area contributed by atoms with Crippen LogP contribution in [0.15, 0.2) is 12.1 Å². The second kappa shape index (κ2) is 8.04. The number of carbonyl (C=O) groups excluding carboxylic acids is 2. The van der Waals surface area contributed by atoms with Gasteiger partial charge >= 0.3 is 11.9 Å². The number of esters is 2. The van der Waals surface area contributed by atoms with E-state index in [-0.39, 0.29) is 40.3 Å². The summed E-state index contributed by atoms with van der Waals surface area (Å²) in [5, 5.41) is 0.574. The van der Waals surface area contributed by atoms with Crippen LogP contribution in [-0.4, -0.2) is 18.5 Å². The third-order valence-corrected chi connectivity index (χ3v) is 4.46. The molecule has 0 fully saturated rings. The van der Waals surface area contributed by atoms with Gasteiger partial charge in [-0.1, -0.05) is 48.7 Å². The lowest BCUT2D eigenvalue weighted by Gasteiger charge is -2.26. The van der Waals surface area contributed by atoms with Gasteiger partial charge in [-0.2, -0.15) is 0 Å². The van der Waals surface area contributed by atoms with Gasteiger partial charge in [0.25, 0.3) is 0 Å². The first-order valence-corrected chi connectivity index (χ1v) is 7.99. The van der Waals surface area contributed by atoms with Crippen molar-refractivity contribution in [1.29, 1.82) is 0 Å². The average Bonchev–Trinajstić information content (AvgIpc) is 2.47. The minimum atomic E-state index is -1.37. The highest BCUT2D eigenvalue weighted by Crippen LogP contribution is 2.37. The lowest BCUT2D eigenvalue weighted by atomic mass is 9.82. The number of hydrogen-bond donors (Lipinski definition) is 0. The fraction of sp³-hybridized carbons (Fsp3) is 0.467. The van der Waals surface area contributed by atoms with Gasteiger partial charge < -0.3 is 9.47 Å². The minimum Gasteiger partial charge on any atom is -0.465 e. The molecule has 0 amide bonds. The van der Waals surface area contributed by atoms with E-state index >= 15 is 0 Å². The van der Waals surface area contributed by atoms with Gasteiger partial charge in [-0.3, -0.25) is 9.59 Å². The van der Waals surface area contributed by atoms with Crippen LogP contribution in [0.1, 0.15) is 33.6 Å². The van der Waals surface area contributed by atoms with Crippen LogP contribution in [0.4, 0.5) is 0 Å². The Balaban J connectivity index is 3.12. The predicted molar refractivity (Wildman–Crippen MR) is 86.8 cm³/mol. The summed E-state index contributed by atoms with van der Waals surface area (Å²) in [5.41, 5.74) is -1.37. The van der Waals surface area contributed by atoms with Crippen LogP contribution >= 0.6 is 34.8 Å². The summed E-state index contributed by atoms with van der Waals surface area (Å²) in [6.07, 6.45) is 0.500. The summed E-state index contributed by atoms with van der Waals surface area (Å²) in [6, 6.07) is 2.71. The number of rotatable bonds is 6. The molecule has 1 aromatic carbocycles. The zero-order valence-electron chi connectivity index (χ0n) is 12.5. The van der Waals surface area contributed by atoms with Crippen LogP contribution in [0.2, 0.25) is 15.1 Å². The normalized spacial score (nSPS) is 11.2. The molecule has 0 atom stereocenters. The molecule has 122 valence electrons. The number of hydrogen-bond acceptors (Lipinski definition) is 4. The maximum Gasteiger partial charge on any atom is 0.328 e. The average molecular weight is 368 g/mol. The van der Waals surface area contributed by atoms with E-state index in [9.17, 15) is 9.59 Å². The van der Waals surface area contributed by atoms with Crippen molar-refractivity contribution >= 4 is 46.7 Å². The molecule has 0 N–H and O–H groups in total. The molecule has 4 nitrogen and oxygen atoms in total. The Morgan fingerprint density at radius 1 is 0.955 bits per heavy atom. The molecule has 0 saturated heterocycles. The zero-order chi connectivity index (χ0) is 16.9. The van der Waals surface area contributed by atoms with E-state index in [1.54, 1.807) is 20.8 Å². The first-order chi connectivity index (χ1) is 10.3. The van der Waals surface area contributed by atoms with Crippen molar-refractivity contribution < 1.29 is 19.1 Å². The van der Waals surface area contributed by atoms with Gasteiger partial charge in [-0.25, -0.2) is 0 Å². The Hall–Kier alpha value is -0.970. The Kier molecular flexibility index (Phi) is 6.98. The van der Waals surface area contributed by atoms with Crippen LogP contribution in [0.3, 0.4) is 0 Å². The van der Waals surface area contributed by atoms with Crippen LogP contribution in [0, 0.1) is 5.41 Å². The summed E-state index contributed by atoms with van der Waals surface area (Å²) >= 11 is 17.7. The molecule has 0 aliphatic rings. The van der Waals surface area contributed by atoms with E-state index in [4.69, 9.17) is 44.3 Å². The highest BCUT2D eigenvalue weighted by atomic mass is 35.5. The third-order valence-electron chi connectivity index (χ3n) is 3.44. The Morgan fingerprint density at radius 3 is 2.00 bits per heavy atom. The summed E-state index contributed by atoms with van der Waals surface area (Å²) < 4.78 is 10.3. The fourth-order valence-electron chi connectivity index (χ4n) is 1.96. The first kappa shape index (κ1) is 19.1. The molecule has 0 heterocycles. The van der Waals surface area contributed by atoms with Gasteiger partial charge in [0, 0.05) is 6.07 Å². The van der Waals surface area contributed by atoms with E-state index in [0.717, 1.165) is 0 Å². The van der Waals surface area contributed by atoms with E-state index in [0.29, 0.717) is 0 Å². The Labute approximate surface area is 144 Å². The lowest BCUT2D eigenvalue weighted by molar-refractivity contribution is -0.167. The quantitative estimate of drug-likeness (QED) is 0.310. The van der Waals surface area contributed by atoms with Crippen molar-refractivity contribution in [3.63, 3.8) is 0 Å². The largest absolute Gasteiger partial charge is 0.465 e. The highest BCUT2D eigenvalue weighted by molar-refractivity contribution is 6.43. The predicted octanol–water partition coefficient (Wildman–Crippen LogP) is 4.92. The molecular weight excluding hydrogens is 351 g/mol. The summed E-state index contributed by atoms with van der Waals surface area (Å²) in [6.45, 7) is 5.30. The summed E-state index contributed by atoms with van der Waals surface area (Å²) in [5.74, 6) is -1.28. The molecule has 7 heteroatoms. The molecule has 22 heavy (non-hydrogen) atoms. The molecule has 1 aromatic rings. The fourth-order valence-corrected chi connectivity index (χ4v) is 2.54. The molecule has 0 aliphatic heterocycles. The third kappa shape index (κ3) is 3.86. The molecule has 0 unspecified atom stereocenters. The van der Waals surface area contributed by atoms with Crippen LogP contribution in [0.5, 0.6) is 5.75 Å². The molecule has 0 aliphatic carbocycles. The molecule has 0 bridgehead atoms. The number of halogens is 3. The molecule has 0 aromatic heterocycles. The van der Waals surface area contributed by atoms with Crippen LogP contribution < -0.4 is 4.74 Å². The smallest absolute Gasteiger partial charge is 0.328 e. The summed E-state index contributed by atoms with van der Waals surface area (Å²) in [7, 11) is 0. The van der Waals surface area contributed by atoms with E-state index in [1.165, 1.54) is 12.1 Å². The van der Waals surface area contributed by atoms with Crippen LogP contribution in [0.25, 0.3) is 0 Å². The van der Waals surface area contributed by atoms with Crippen molar-refractivity contribution in [1.82, 2.24) is 0 Å². The Bertz CT molecular complexity index is 568. The molecule has 0 saturated carbocycles.